The summed E-state index contributed by atoms with van der Waals surface area (Å²) in [5, 5.41) is 12.6. The zero-order valence-electron chi connectivity index (χ0n) is 9.00. The molecule has 0 spiro atoms. The second kappa shape index (κ2) is 3.79. The summed E-state index contributed by atoms with van der Waals surface area (Å²) in [6, 6.07) is 8.26. The zero-order valence-corrected chi connectivity index (χ0v) is 9.82. The van der Waals surface area contributed by atoms with E-state index < -0.39 is 0 Å². The molecule has 3 heteroatoms. The van der Waals surface area contributed by atoms with Crippen LogP contribution in [0, 0.1) is 11.3 Å². The first-order chi connectivity index (χ1) is 7.18. The fourth-order valence-corrected chi connectivity index (χ4v) is 2.13. The van der Waals surface area contributed by atoms with Crippen molar-refractivity contribution < 1.29 is 0 Å². The van der Waals surface area contributed by atoms with Gasteiger partial charge in [0.25, 0.3) is 0 Å². The van der Waals surface area contributed by atoms with Gasteiger partial charge in [0, 0.05) is 10.4 Å². The van der Waals surface area contributed by atoms with E-state index in [1.54, 1.807) is 11.8 Å². The summed E-state index contributed by atoms with van der Waals surface area (Å²) in [6.07, 6.45) is 4.39. The molecule has 0 radical (unpaired) electrons. The summed E-state index contributed by atoms with van der Waals surface area (Å²) >= 11 is 1.62. The van der Waals surface area contributed by atoms with Crippen LogP contribution in [0.15, 0.2) is 23.1 Å². The maximum absolute atomic E-state index is 9.14. The smallest absolute Gasteiger partial charge is 0.102 e. The van der Waals surface area contributed by atoms with E-state index >= 15 is 0 Å². The molecule has 0 heterocycles. The molecule has 1 fully saturated rings. The summed E-state index contributed by atoms with van der Waals surface area (Å²) in [5.41, 5.74) is 1.98. The molecule has 0 aliphatic heterocycles. The lowest BCUT2D eigenvalue weighted by atomic mass is 10.1. The third-order valence-electron chi connectivity index (χ3n) is 2.79. The van der Waals surface area contributed by atoms with Crippen LogP contribution in [0.1, 0.15) is 25.3 Å². The first-order valence-electron chi connectivity index (χ1n) is 5.04. The van der Waals surface area contributed by atoms with Crippen LogP contribution in [0.2, 0.25) is 0 Å². The standard InChI is InChI=1S/C12H14N2S/c1-12(6-7-12)14-10-4-3-5-11(15-2)9(10)8-13/h3-5,14H,6-7H2,1-2H3. The highest BCUT2D eigenvalue weighted by Crippen LogP contribution is 2.39. The van der Waals surface area contributed by atoms with Gasteiger partial charge in [-0.25, -0.2) is 0 Å². The van der Waals surface area contributed by atoms with Crippen molar-refractivity contribution in [3.8, 4) is 6.07 Å². The number of rotatable bonds is 3. The van der Waals surface area contributed by atoms with Gasteiger partial charge in [0.15, 0.2) is 0 Å². The van der Waals surface area contributed by atoms with Crippen molar-refractivity contribution in [1.82, 2.24) is 0 Å². The molecule has 1 aromatic rings. The van der Waals surface area contributed by atoms with Crippen molar-refractivity contribution in [3.05, 3.63) is 23.8 Å². The number of nitriles is 1. The van der Waals surface area contributed by atoms with Gasteiger partial charge in [0.05, 0.1) is 11.3 Å². The molecule has 0 unspecified atom stereocenters. The van der Waals surface area contributed by atoms with Gasteiger partial charge < -0.3 is 5.32 Å². The third kappa shape index (κ3) is 2.10. The van der Waals surface area contributed by atoms with Gasteiger partial charge in [-0.1, -0.05) is 6.07 Å². The molecule has 0 aromatic heterocycles. The Morgan fingerprint density at radius 1 is 1.47 bits per heavy atom. The van der Waals surface area contributed by atoms with Crippen molar-refractivity contribution in [1.29, 1.82) is 5.26 Å². The molecule has 1 aliphatic rings. The van der Waals surface area contributed by atoms with Crippen LogP contribution >= 0.6 is 11.8 Å². The molecule has 1 saturated carbocycles. The van der Waals surface area contributed by atoms with Gasteiger partial charge in [-0.2, -0.15) is 5.26 Å². The first kappa shape index (κ1) is 10.4. The number of thioether (sulfide) groups is 1. The average molecular weight is 218 g/mol. The van der Waals surface area contributed by atoms with E-state index in [9.17, 15) is 0 Å². The fraction of sp³-hybridized carbons (Fsp3) is 0.417. The van der Waals surface area contributed by atoms with Gasteiger partial charge in [0.1, 0.15) is 6.07 Å². The third-order valence-corrected chi connectivity index (χ3v) is 3.57. The predicted molar refractivity (Wildman–Crippen MR) is 64.2 cm³/mol. The van der Waals surface area contributed by atoms with Gasteiger partial charge in [0.2, 0.25) is 0 Å². The monoisotopic (exact) mass is 218 g/mol. The van der Waals surface area contributed by atoms with Gasteiger partial charge >= 0.3 is 0 Å². The van der Waals surface area contributed by atoms with Crippen LogP contribution < -0.4 is 5.32 Å². The molecule has 2 rings (SSSR count). The van der Waals surface area contributed by atoms with Crippen LogP contribution in [-0.4, -0.2) is 11.8 Å². The second-order valence-electron chi connectivity index (χ2n) is 4.18. The Kier molecular flexibility index (Phi) is 2.62. The van der Waals surface area contributed by atoms with E-state index in [1.807, 2.05) is 24.5 Å². The topological polar surface area (TPSA) is 35.8 Å². The largest absolute Gasteiger partial charge is 0.379 e. The maximum Gasteiger partial charge on any atom is 0.102 e. The highest BCUT2D eigenvalue weighted by atomic mass is 32.2. The lowest BCUT2D eigenvalue weighted by molar-refractivity contribution is 0.828. The number of nitrogens with one attached hydrogen (secondary N) is 1. The molecule has 78 valence electrons. The van der Waals surface area contributed by atoms with E-state index in [-0.39, 0.29) is 5.54 Å². The molecule has 15 heavy (non-hydrogen) atoms. The van der Waals surface area contributed by atoms with Gasteiger partial charge in [-0.3, -0.25) is 0 Å². The Balaban J connectivity index is 2.34. The minimum absolute atomic E-state index is 0.225. The normalized spacial score (nSPS) is 16.9. The Hall–Kier alpha value is -1.14. The molecule has 2 nitrogen and oxygen atoms in total. The molecule has 0 bridgehead atoms. The van der Waals surface area contributed by atoms with E-state index in [2.05, 4.69) is 18.3 Å². The van der Waals surface area contributed by atoms with E-state index in [4.69, 9.17) is 5.26 Å². The molecule has 1 aliphatic carbocycles. The Morgan fingerprint density at radius 2 is 2.20 bits per heavy atom. The summed E-state index contributed by atoms with van der Waals surface area (Å²) in [4.78, 5) is 1.05. The van der Waals surface area contributed by atoms with Crippen LogP contribution in [-0.2, 0) is 0 Å². The molecule has 0 saturated heterocycles. The number of nitrogens with zero attached hydrogens (tertiary/aromatic N) is 1. The van der Waals surface area contributed by atoms with Gasteiger partial charge in [-0.15, -0.1) is 11.8 Å². The molecular formula is C12H14N2S. The zero-order chi connectivity index (χ0) is 10.9. The summed E-state index contributed by atoms with van der Waals surface area (Å²) in [6.45, 7) is 2.19. The van der Waals surface area contributed by atoms with Crippen molar-refractivity contribution >= 4 is 17.4 Å². The van der Waals surface area contributed by atoms with Crippen molar-refractivity contribution in [2.45, 2.75) is 30.2 Å². The highest BCUT2D eigenvalue weighted by Gasteiger charge is 2.37. The minimum Gasteiger partial charge on any atom is -0.379 e. The molecule has 0 amide bonds. The minimum atomic E-state index is 0.225. The van der Waals surface area contributed by atoms with Crippen LogP contribution in [0.25, 0.3) is 0 Å². The SMILES string of the molecule is CSc1cccc(NC2(C)CC2)c1C#N. The van der Waals surface area contributed by atoms with Crippen molar-refractivity contribution in [2.75, 3.05) is 11.6 Å². The Labute approximate surface area is 94.7 Å². The second-order valence-corrected chi connectivity index (χ2v) is 5.03. The fourth-order valence-electron chi connectivity index (χ4n) is 1.56. The van der Waals surface area contributed by atoms with E-state index in [0.29, 0.717) is 0 Å². The number of hydrogen-bond donors (Lipinski definition) is 1. The number of anilines is 1. The van der Waals surface area contributed by atoms with E-state index in [0.717, 1.165) is 16.1 Å². The predicted octanol–water partition coefficient (Wildman–Crippen LogP) is 3.24. The molecule has 0 atom stereocenters. The first-order valence-corrected chi connectivity index (χ1v) is 6.26. The van der Waals surface area contributed by atoms with Crippen molar-refractivity contribution in [3.63, 3.8) is 0 Å². The van der Waals surface area contributed by atoms with E-state index in [1.165, 1.54) is 12.8 Å². The van der Waals surface area contributed by atoms with Crippen LogP contribution in [0.3, 0.4) is 0 Å². The molecule has 1 aromatic carbocycles. The summed E-state index contributed by atoms with van der Waals surface area (Å²) in [7, 11) is 0. The summed E-state index contributed by atoms with van der Waals surface area (Å²) < 4.78 is 0. The number of benzene rings is 1. The Morgan fingerprint density at radius 3 is 2.73 bits per heavy atom. The Bertz CT molecular complexity index is 416. The molecule has 1 N–H and O–H groups in total. The van der Waals surface area contributed by atoms with Crippen LogP contribution in [0.5, 0.6) is 0 Å². The van der Waals surface area contributed by atoms with Gasteiger partial charge in [-0.05, 0) is 38.2 Å². The van der Waals surface area contributed by atoms with Crippen molar-refractivity contribution in [2.24, 2.45) is 0 Å². The lowest BCUT2D eigenvalue weighted by Gasteiger charge is -2.15. The maximum atomic E-state index is 9.14. The average Bonchev–Trinajstić information content (AvgIpc) is 2.95. The quantitative estimate of drug-likeness (QED) is 0.791. The molecular weight excluding hydrogens is 204 g/mol. The number of hydrogen-bond acceptors (Lipinski definition) is 3. The lowest BCUT2D eigenvalue weighted by Crippen LogP contribution is -2.16. The highest BCUT2D eigenvalue weighted by molar-refractivity contribution is 7.98. The van der Waals surface area contributed by atoms with Crippen LogP contribution in [0.4, 0.5) is 5.69 Å². The summed E-state index contributed by atoms with van der Waals surface area (Å²) in [5.74, 6) is 0.